The molecule has 5 heteroatoms. The third-order valence-corrected chi connectivity index (χ3v) is 2.90. The van der Waals surface area contributed by atoms with Crippen molar-refractivity contribution >= 4 is 27.8 Å². The zero-order valence-corrected chi connectivity index (χ0v) is 11.2. The van der Waals surface area contributed by atoms with E-state index in [-0.39, 0.29) is 12.3 Å². The molecule has 0 bridgehead atoms. The number of rotatable bonds is 4. The van der Waals surface area contributed by atoms with Crippen LogP contribution in [-0.4, -0.2) is 23.0 Å². The second kappa shape index (κ2) is 5.82. The zero-order valence-electron chi connectivity index (χ0n) is 9.66. The number of aliphatic carboxylic acids is 1. The molecular formula is C12H14BrNO3. The second-order valence-electron chi connectivity index (χ2n) is 3.88. The fraction of sp³-hybridized carbons (Fsp3) is 0.333. The summed E-state index contributed by atoms with van der Waals surface area (Å²) in [5.74, 6) is -1.32. The van der Waals surface area contributed by atoms with Crippen molar-refractivity contribution < 1.29 is 14.7 Å². The molecule has 4 nitrogen and oxygen atoms in total. The average molecular weight is 300 g/mol. The highest BCUT2D eigenvalue weighted by Crippen LogP contribution is 2.16. The number of hydrogen-bond donors (Lipinski definition) is 2. The van der Waals surface area contributed by atoms with E-state index >= 15 is 0 Å². The Kier molecular flexibility index (Phi) is 4.69. The molecule has 0 heterocycles. The second-order valence-corrected chi connectivity index (χ2v) is 4.79. The number of amides is 1. The maximum atomic E-state index is 11.6. The molecular weight excluding hydrogens is 286 g/mol. The molecule has 1 amide bonds. The predicted octanol–water partition coefficient (Wildman–Crippen LogP) is 1.89. The lowest BCUT2D eigenvalue weighted by molar-refractivity contribution is -0.141. The molecule has 0 saturated heterocycles. The first-order valence-electron chi connectivity index (χ1n) is 5.17. The summed E-state index contributed by atoms with van der Waals surface area (Å²) in [6, 6.07) is 4.77. The summed E-state index contributed by atoms with van der Waals surface area (Å²) in [4.78, 5) is 22.2. The van der Waals surface area contributed by atoms with Gasteiger partial charge in [-0.05, 0) is 37.1 Å². The summed E-state index contributed by atoms with van der Waals surface area (Å²) >= 11 is 3.34. The molecule has 0 aliphatic heterocycles. The molecule has 92 valence electrons. The molecule has 0 radical (unpaired) electrons. The van der Waals surface area contributed by atoms with Crippen molar-refractivity contribution in [3.8, 4) is 0 Å². The highest BCUT2D eigenvalue weighted by Gasteiger charge is 2.14. The molecule has 1 aromatic carbocycles. The predicted molar refractivity (Wildman–Crippen MR) is 67.8 cm³/mol. The van der Waals surface area contributed by atoms with Crippen molar-refractivity contribution in [2.45, 2.75) is 26.3 Å². The van der Waals surface area contributed by atoms with Gasteiger partial charge in [-0.25, -0.2) is 0 Å². The zero-order chi connectivity index (χ0) is 13.0. The molecule has 2 N–H and O–H groups in total. The molecule has 1 atom stereocenters. The van der Waals surface area contributed by atoms with Crippen LogP contribution in [0.3, 0.4) is 0 Å². The quantitative estimate of drug-likeness (QED) is 0.892. The minimum atomic E-state index is -1.04. The lowest BCUT2D eigenvalue weighted by Crippen LogP contribution is -2.39. The fourth-order valence-electron chi connectivity index (χ4n) is 1.38. The van der Waals surface area contributed by atoms with Gasteiger partial charge in [-0.1, -0.05) is 22.0 Å². The Morgan fingerprint density at radius 1 is 1.47 bits per heavy atom. The highest BCUT2D eigenvalue weighted by molar-refractivity contribution is 9.10. The van der Waals surface area contributed by atoms with Gasteiger partial charge >= 0.3 is 5.97 Å². The summed E-state index contributed by atoms with van der Waals surface area (Å²) < 4.78 is 0.957. The maximum Gasteiger partial charge on any atom is 0.325 e. The Morgan fingerprint density at radius 2 is 2.12 bits per heavy atom. The van der Waals surface area contributed by atoms with E-state index in [1.165, 1.54) is 6.92 Å². The van der Waals surface area contributed by atoms with Crippen molar-refractivity contribution in [1.82, 2.24) is 5.32 Å². The van der Waals surface area contributed by atoms with E-state index in [0.717, 1.165) is 15.6 Å². The summed E-state index contributed by atoms with van der Waals surface area (Å²) in [5, 5.41) is 11.1. The minimum Gasteiger partial charge on any atom is -0.480 e. The van der Waals surface area contributed by atoms with Crippen LogP contribution >= 0.6 is 15.9 Å². The third-order valence-electron chi connectivity index (χ3n) is 2.40. The van der Waals surface area contributed by atoms with Gasteiger partial charge in [0.15, 0.2) is 0 Å². The van der Waals surface area contributed by atoms with Crippen molar-refractivity contribution in [1.29, 1.82) is 0 Å². The van der Waals surface area contributed by atoms with Crippen molar-refractivity contribution in [3.05, 3.63) is 33.8 Å². The average Bonchev–Trinajstić information content (AvgIpc) is 2.22. The molecule has 0 aliphatic carbocycles. The van der Waals surface area contributed by atoms with E-state index in [1.54, 1.807) is 0 Å². The number of carboxylic acids is 1. The first-order valence-corrected chi connectivity index (χ1v) is 5.96. The van der Waals surface area contributed by atoms with Crippen LogP contribution in [0.4, 0.5) is 0 Å². The van der Waals surface area contributed by atoms with Crippen LogP contribution in [-0.2, 0) is 16.0 Å². The Hall–Kier alpha value is -1.36. The lowest BCUT2D eigenvalue weighted by Gasteiger charge is -2.10. The van der Waals surface area contributed by atoms with E-state index < -0.39 is 12.0 Å². The monoisotopic (exact) mass is 299 g/mol. The van der Waals surface area contributed by atoms with Gasteiger partial charge in [-0.3, -0.25) is 9.59 Å². The van der Waals surface area contributed by atoms with Crippen LogP contribution in [0.2, 0.25) is 0 Å². The first-order chi connectivity index (χ1) is 7.90. The van der Waals surface area contributed by atoms with Gasteiger partial charge in [0.2, 0.25) is 5.91 Å². The molecule has 17 heavy (non-hydrogen) atoms. The van der Waals surface area contributed by atoms with E-state index in [0.29, 0.717) is 0 Å². The Labute approximate surface area is 108 Å². The molecule has 0 spiro atoms. The fourth-order valence-corrected chi connectivity index (χ4v) is 1.86. The molecule has 1 aromatic rings. The molecule has 0 aliphatic rings. The number of carbonyl (C=O) groups is 2. The standard InChI is InChI=1S/C12H14BrNO3/c1-7-5-10(13)4-3-9(7)6-11(15)14-8(2)12(16)17/h3-5,8H,6H2,1-2H3,(H,14,15)(H,16,17). The Balaban J connectivity index is 2.65. The number of halogens is 1. The summed E-state index contributed by atoms with van der Waals surface area (Å²) in [6.07, 6.45) is 0.191. The summed E-state index contributed by atoms with van der Waals surface area (Å²) in [6.45, 7) is 3.35. The molecule has 0 fully saturated rings. The van der Waals surface area contributed by atoms with Crippen LogP contribution in [0.5, 0.6) is 0 Å². The summed E-state index contributed by atoms with van der Waals surface area (Å²) in [5.41, 5.74) is 1.89. The van der Waals surface area contributed by atoms with Crippen LogP contribution in [0.25, 0.3) is 0 Å². The van der Waals surface area contributed by atoms with Gasteiger partial charge in [-0.15, -0.1) is 0 Å². The van der Waals surface area contributed by atoms with Gasteiger partial charge < -0.3 is 10.4 Å². The number of nitrogens with one attached hydrogen (secondary N) is 1. The van der Waals surface area contributed by atoms with Crippen LogP contribution in [0.1, 0.15) is 18.1 Å². The SMILES string of the molecule is Cc1cc(Br)ccc1CC(=O)NC(C)C(=O)O. The van der Waals surface area contributed by atoms with Gasteiger partial charge in [0, 0.05) is 4.47 Å². The first kappa shape index (κ1) is 13.7. The maximum absolute atomic E-state index is 11.6. The molecule has 1 rings (SSSR count). The van der Waals surface area contributed by atoms with E-state index in [1.807, 2.05) is 25.1 Å². The van der Waals surface area contributed by atoms with Crippen LogP contribution in [0.15, 0.2) is 22.7 Å². The van der Waals surface area contributed by atoms with Gasteiger partial charge in [0.05, 0.1) is 6.42 Å². The molecule has 1 unspecified atom stereocenters. The normalized spacial score (nSPS) is 11.9. The van der Waals surface area contributed by atoms with Crippen molar-refractivity contribution in [3.63, 3.8) is 0 Å². The number of hydrogen-bond acceptors (Lipinski definition) is 2. The van der Waals surface area contributed by atoms with Crippen molar-refractivity contribution in [2.24, 2.45) is 0 Å². The number of carbonyl (C=O) groups excluding carboxylic acids is 1. The third kappa shape index (κ3) is 4.19. The van der Waals surface area contributed by atoms with Crippen LogP contribution in [0, 0.1) is 6.92 Å². The van der Waals surface area contributed by atoms with Crippen LogP contribution < -0.4 is 5.32 Å². The lowest BCUT2D eigenvalue weighted by atomic mass is 10.1. The minimum absolute atomic E-state index is 0.191. The van der Waals surface area contributed by atoms with Gasteiger partial charge in [-0.2, -0.15) is 0 Å². The van der Waals surface area contributed by atoms with E-state index in [9.17, 15) is 9.59 Å². The van der Waals surface area contributed by atoms with Gasteiger partial charge in [0.1, 0.15) is 6.04 Å². The number of carboxylic acid groups (broad SMARTS) is 1. The number of aryl methyl sites for hydroxylation is 1. The smallest absolute Gasteiger partial charge is 0.325 e. The molecule has 0 saturated carbocycles. The highest BCUT2D eigenvalue weighted by atomic mass is 79.9. The molecule has 0 aromatic heterocycles. The number of benzene rings is 1. The largest absolute Gasteiger partial charge is 0.480 e. The van der Waals surface area contributed by atoms with E-state index in [2.05, 4.69) is 21.2 Å². The summed E-state index contributed by atoms with van der Waals surface area (Å²) in [7, 11) is 0. The van der Waals surface area contributed by atoms with Crippen molar-refractivity contribution in [2.75, 3.05) is 0 Å². The van der Waals surface area contributed by atoms with E-state index in [4.69, 9.17) is 5.11 Å². The Bertz CT molecular complexity index is 445. The van der Waals surface area contributed by atoms with Gasteiger partial charge in [0.25, 0.3) is 0 Å². The Morgan fingerprint density at radius 3 is 2.65 bits per heavy atom. The topological polar surface area (TPSA) is 66.4 Å².